The van der Waals surface area contributed by atoms with Crippen molar-refractivity contribution in [2.45, 2.75) is 25.8 Å². The number of anilines is 3. The third-order valence-electron chi connectivity index (χ3n) is 4.70. The zero-order valence-electron chi connectivity index (χ0n) is 16.1. The van der Waals surface area contributed by atoms with Crippen LogP contribution in [0.4, 0.5) is 21.5 Å². The minimum atomic E-state index is -3.91. The molecule has 9 heteroatoms. The Morgan fingerprint density at radius 3 is 2.38 bits per heavy atom. The molecule has 2 aromatic carbocycles. The van der Waals surface area contributed by atoms with Crippen LogP contribution in [0.1, 0.15) is 19.8 Å². The lowest BCUT2D eigenvalue weighted by Gasteiger charge is -2.28. The molecule has 1 atom stereocenters. The molecular weight excluding hydrogens is 397 g/mol. The predicted molar refractivity (Wildman–Crippen MR) is 110 cm³/mol. The van der Waals surface area contributed by atoms with E-state index in [1.807, 2.05) is 0 Å². The van der Waals surface area contributed by atoms with E-state index in [0.717, 1.165) is 28.7 Å². The van der Waals surface area contributed by atoms with E-state index >= 15 is 0 Å². The Hall–Kier alpha value is -2.94. The van der Waals surface area contributed by atoms with Crippen molar-refractivity contribution in [3.8, 4) is 0 Å². The number of nitrogens with one attached hydrogen (secondary N) is 1. The maximum absolute atomic E-state index is 14.2. The Balaban J connectivity index is 1.78. The number of nitrogens with zero attached hydrogens (tertiary/aromatic N) is 2. The van der Waals surface area contributed by atoms with Gasteiger partial charge in [0, 0.05) is 24.3 Å². The van der Waals surface area contributed by atoms with Gasteiger partial charge in [-0.25, -0.2) is 12.8 Å². The first-order valence-corrected chi connectivity index (χ1v) is 11.0. The summed E-state index contributed by atoms with van der Waals surface area (Å²) in [5.74, 6) is -1.29. The summed E-state index contributed by atoms with van der Waals surface area (Å²) in [5, 5.41) is 2.64. The quantitative estimate of drug-likeness (QED) is 0.780. The molecule has 0 bridgehead atoms. The molecule has 0 unspecified atom stereocenters. The van der Waals surface area contributed by atoms with Gasteiger partial charge in [0.05, 0.1) is 11.9 Å². The van der Waals surface area contributed by atoms with Crippen molar-refractivity contribution in [1.29, 1.82) is 0 Å². The molecule has 1 N–H and O–H groups in total. The van der Waals surface area contributed by atoms with Gasteiger partial charge in [0.25, 0.3) is 0 Å². The highest BCUT2D eigenvalue weighted by Crippen LogP contribution is 2.26. The zero-order chi connectivity index (χ0) is 21.2. The average molecular weight is 419 g/mol. The number of hydrogen-bond donors (Lipinski definition) is 1. The van der Waals surface area contributed by atoms with Crippen LogP contribution in [0, 0.1) is 5.82 Å². The Kier molecular flexibility index (Phi) is 5.88. The van der Waals surface area contributed by atoms with E-state index in [4.69, 9.17) is 0 Å². The van der Waals surface area contributed by atoms with E-state index in [0.29, 0.717) is 18.7 Å². The van der Waals surface area contributed by atoms with Crippen molar-refractivity contribution < 1.29 is 22.4 Å². The first-order valence-electron chi connectivity index (χ1n) is 9.13. The van der Waals surface area contributed by atoms with Crippen LogP contribution in [0.25, 0.3) is 0 Å². The molecule has 1 fully saturated rings. The van der Waals surface area contributed by atoms with Gasteiger partial charge < -0.3 is 10.2 Å². The molecule has 0 aliphatic carbocycles. The summed E-state index contributed by atoms with van der Waals surface area (Å²) in [4.78, 5) is 26.2. The van der Waals surface area contributed by atoms with Crippen molar-refractivity contribution in [2.75, 3.05) is 27.3 Å². The van der Waals surface area contributed by atoms with Crippen LogP contribution < -0.4 is 14.5 Å². The second kappa shape index (κ2) is 8.20. The van der Waals surface area contributed by atoms with Crippen molar-refractivity contribution in [1.82, 2.24) is 0 Å². The lowest BCUT2D eigenvalue weighted by molar-refractivity contribution is -0.117. The van der Waals surface area contributed by atoms with E-state index in [9.17, 15) is 22.4 Å². The van der Waals surface area contributed by atoms with Crippen LogP contribution in [0.15, 0.2) is 48.5 Å². The number of carbonyl (C=O) groups excluding carboxylic acids is 2. The van der Waals surface area contributed by atoms with Crippen molar-refractivity contribution in [3.05, 3.63) is 54.3 Å². The molecule has 0 spiro atoms. The van der Waals surface area contributed by atoms with Crippen molar-refractivity contribution in [2.24, 2.45) is 0 Å². The van der Waals surface area contributed by atoms with Gasteiger partial charge in [0.1, 0.15) is 11.9 Å². The summed E-state index contributed by atoms with van der Waals surface area (Å²) in [6.07, 6.45) is 2.25. The molecule has 0 aromatic heterocycles. The second-order valence-electron chi connectivity index (χ2n) is 6.87. The van der Waals surface area contributed by atoms with Gasteiger partial charge in [-0.05, 0) is 49.7 Å². The van der Waals surface area contributed by atoms with E-state index < -0.39 is 27.8 Å². The molecule has 1 aliphatic rings. The summed E-state index contributed by atoms with van der Waals surface area (Å²) >= 11 is 0. The summed E-state index contributed by atoms with van der Waals surface area (Å²) in [6, 6.07) is 10.9. The molecule has 2 amide bonds. The number of carbonyl (C=O) groups is 2. The first kappa shape index (κ1) is 20.8. The number of rotatable bonds is 6. The molecule has 1 aliphatic heterocycles. The lowest BCUT2D eigenvalue weighted by atomic mass is 10.2. The second-order valence-corrected chi connectivity index (χ2v) is 8.73. The minimum absolute atomic E-state index is 0.0593. The number of halogens is 1. The molecule has 2 aromatic rings. The van der Waals surface area contributed by atoms with Crippen LogP contribution in [0.3, 0.4) is 0 Å². The Morgan fingerprint density at radius 2 is 1.83 bits per heavy atom. The van der Waals surface area contributed by atoms with E-state index in [1.54, 1.807) is 29.2 Å². The first-order chi connectivity index (χ1) is 13.7. The number of sulfonamides is 1. The van der Waals surface area contributed by atoms with Gasteiger partial charge in [-0.15, -0.1) is 0 Å². The fourth-order valence-electron chi connectivity index (χ4n) is 3.30. The van der Waals surface area contributed by atoms with E-state index in [-0.39, 0.29) is 11.6 Å². The molecule has 7 nitrogen and oxygen atoms in total. The van der Waals surface area contributed by atoms with Gasteiger partial charge >= 0.3 is 0 Å². The van der Waals surface area contributed by atoms with E-state index in [1.165, 1.54) is 25.1 Å². The fraction of sp³-hybridized carbons (Fsp3) is 0.300. The highest BCUT2D eigenvalue weighted by Gasteiger charge is 2.31. The Bertz CT molecular complexity index is 1020. The molecule has 0 saturated carbocycles. The topological polar surface area (TPSA) is 86.8 Å². The molecule has 154 valence electrons. The Morgan fingerprint density at radius 1 is 1.17 bits per heavy atom. The maximum Gasteiger partial charge on any atom is 0.247 e. The highest BCUT2D eigenvalue weighted by molar-refractivity contribution is 7.92. The summed E-state index contributed by atoms with van der Waals surface area (Å²) in [5.41, 5.74) is 0.988. The smallest absolute Gasteiger partial charge is 0.247 e. The van der Waals surface area contributed by atoms with Crippen molar-refractivity contribution >= 4 is 38.9 Å². The van der Waals surface area contributed by atoms with Crippen LogP contribution in [0.5, 0.6) is 0 Å². The number of para-hydroxylation sites is 1. The summed E-state index contributed by atoms with van der Waals surface area (Å²) in [6.45, 7) is 2.05. The third-order valence-corrected chi connectivity index (χ3v) is 5.93. The number of benzene rings is 2. The fourth-order valence-corrected chi connectivity index (χ4v) is 4.48. The van der Waals surface area contributed by atoms with Crippen LogP contribution in [-0.4, -0.2) is 39.1 Å². The predicted octanol–water partition coefficient (Wildman–Crippen LogP) is 2.75. The summed E-state index contributed by atoms with van der Waals surface area (Å²) in [7, 11) is -3.91. The van der Waals surface area contributed by atoms with Crippen LogP contribution in [-0.2, 0) is 19.6 Å². The maximum atomic E-state index is 14.2. The monoisotopic (exact) mass is 419 g/mol. The lowest BCUT2D eigenvalue weighted by Crippen LogP contribution is -2.45. The normalized spacial score (nSPS) is 15.3. The van der Waals surface area contributed by atoms with Crippen LogP contribution >= 0.6 is 0 Å². The van der Waals surface area contributed by atoms with Gasteiger partial charge in [-0.3, -0.25) is 13.9 Å². The zero-order valence-corrected chi connectivity index (χ0v) is 16.9. The molecule has 1 saturated heterocycles. The van der Waals surface area contributed by atoms with Crippen molar-refractivity contribution in [3.63, 3.8) is 0 Å². The third kappa shape index (κ3) is 4.56. The van der Waals surface area contributed by atoms with E-state index in [2.05, 4.69) is 5.32 Å². The molecule has 0 radical (unpaired) electrons. The summed E-state index contributed by atoms with van der Waals surface area (Å²) < 4.78 is 39.4. The SMILES string of the molecule is C[C@H](C(=O)Nc1ccc(N2CCCC2=O)cc1)N(c1ccccc1F)S(C)(=O)=O. The minimum Gasteiger partial charge on any atom is -0.324 e. The average Bonchev–Trinajstić information content (AvgIpc) is 3.09. The van der Waals surface area contributed by atoms with Gasteiger partial charge in [-0.1, -0.05) is 12.1 Å². The molecule has 29 heavy (non-hydrogen) atoms. The molecule has 3 rings (SSSR count). The molecule has 1 heterocycles. The Labute approximate surface area is 169 Å². The highest BCUT2D eigenvalue weighted by atomic mass is 32.2. The number of amides is 2. The number of hydrogen-bond acceptors (Lipinski definition) is 4. The molecular formula is C20H22FN3O4S. The van der Waals surface area contributed by atoms with Gasteiger partial charge in [0.2, 0.25) is 21.8 Å². The van der Waals surface area contributed by atoms with Gasteiger partial charge in [0.15, 0.2) is 0 Å². The standard InChI is InChI=1S/C20H22FN3O4S/c1-14(24(29(2,27)28)18-7-4-3-6-17(18)21)20(26)22-15-9-11-16(12-10-15)23-13-5-8-19(23)25/h3-4,6-7,9-12,14H,5,8,13H2,1-2H3,(H,22,26)/t14-/m1/s1. The van der Waals surface area contributed by atoms with Gasteiger partial charge in [-0.2, -0.15) is 0 Å². The van der Waals surface area contributed by atoms with Crippen LogP contribution in [0.2, 0.25) is 0 Å². The largest absolute Gasteiger partial charge is 0.324 e.